The van der Waals surface area contributed by atoms with Crippen molar-refractivity contribution >= 4 is 15.9 Å². The van der Waals surface area contributed by atoms with Crippen molar-refractivity contribution in [3.63, 3.8) is 0 Å². The topological polar surface area (TPSA) is 107 Å². The maximum absolute atomic E-state index is 12.7. The Balaban J connectivity index is 1.67. The molecular formula is C25H29N3O5S. The minimum absolute atomic E-state index is 0.0330. The van der Waals surface area contributed by atoms with E-state index in [0.29, 0.717) is 23.8 Å². The molecule has 2 N–H and O–H groups in total. The zero-order chi connectivity index (χ0) is 24.6. The molecule has 8 nitrogen and oxygen atoms in total. The highest BCUT2D eigenvalue weighted by Crippen LogP contribution is 2.25. The SMILES string of the molecule is CCCOc1ccc(Oc2ncccc2CNC(=O)c2cccc(S(=O)(=O)NC(C)C)c2)cc1. The lowest BCUT2D eigenvalue weighted by Gasteiger charge is -2.12. The van der Waals surface area contributed by atoms with Crippen molar-refractivity contribution in [1.82, 2.24) is 15.0 Å². The van der Waals surface area contributed by atoms with Crippen LogP contribution < -0.4 is 19.5 Å². The Bertz CT molecular complexity index is 1210. The van der Waals surface area contributed by atoms with Gasteiger partial charge < -0.3 is 14.8 Å². The molecule has 0 aliphatic heterocycles. The molecule has 0 spiro atoms. The third-order valence-corrected chi connectivity index (χ3v) is 6.25. The molecule has 0 fully saturated rings. The van der Waals surface area contributed by atoms with Crippen LogP contribution in [0.2, 0.25) is 0 Å². The van der Waals surface area contributed by atoms with Crippen molar-refractivity contribution in [2.24, 2.45) is 0 Å². The fraction of sp³-hybridized carbons (Fsp3) is 0.280. The van der Waals surface area contributed by atoms with Gasteiger partial charge in [0.25, 0.3) is 5.91 Å². The van der Waals surface area contributed by atoms with E-state index in [4.69, 9.17) is 9.47 Å². The van der Waals surface area contributed by atoms with Gasteiger partial charge in [0, 0.05) is 29.9 Å². The molecule has 9 heteroatoms. The minimum atomic E-state index is -3.70. The quantitative estimate of drug-likeness (QED) is 0.422. The fourth-order valence-electron chi connectivity index (χ4n) is 3.05. The number of nitrogens with zero attached hydrogens (tertiary/aromatic N) is 1. The Kier molecular flexibility index (Phi) is 8.61. The van der Waals surface area contributed by atoms with Gasteiger partial charge in [0.05, 0.1) is 11.5 Å². The van der Waals surface area contributed by atoms with Gasteiger partial charge in [-0.1, -0.05) is 19.1 Å². The van der Waals surface area contributed by atoms with Crippen LogP contribution in [0.1, 0.15) is 43.1 Å². The fourth-order valence-corrected chi connectivity index (χ4v) is 4.34. The summed E-state index contributed by atoms with van der Waals surface area (Å²) in [6.45, 7) is 6.31. The number of hydrogen-bond acceptors (Lipinski definition) is 6. The Labute approximate surface area is 200 Å². The smallest absolute Gasteiger partial charge is 0.251 e. The maximum Gasteiger partial charge on any atom is 0.251 e. The van der Waals surface area contributed by atoms with Crippen LogP contribution in [0.15, 0.2) is 71.8 Å². The molecule has 0 aliphatic rings. The van der Waals surface area contributed by atoms with E-state index < -0.39 is 15.9 Å². The molecule has 1 aromatic heterocycles. The largest absolute Gasteiger partial charge is 0.494 e. The van der Waals surface area contributed by atoms with E-state index in [1.807, 2.05) is 19.1 Å². The number of carbonyl (C=O) groups excluding carboxylic acids is 1. The summed E-state index contributed by atoms with van der Waals surface area (Å²) in [7, 11) is -3.70. The number of amides is 1. The third kappa shape index (κ3) is 7.03. The molecule has 0 radical (unpaired) electrons. The second-order valence-electron chi connectivity index (χ2n) is 7.88. The lowest BCUT2D eigenvalue weighted by Crippen LogP contribution is -2.30. The number of ether oxygens (including phenoxy) is 2. The Hall–Kier alpha value is -3.43. The van der Waals surface area contributed by atoms with E-state index in [1.54, 1.807) is 50.4 Å². The molecule has 0 saturated carbocycles. The number of nitrogens with one attached hydrogen (secondary N) is 2. The van der Waals surface area contributed by atoms with Gasteiger partial charge in [0.1, 0.15) is 11.5 Å². The Morgan fingerprint density at radius 2 is 1.76 bits per heavy atom. The second kappa shape index (κ2) is 11.6. The highest BCUT2D eigenvalue weighted by molar-refractivity contribution is 7.89. The highest BCUT2D eigenvalue weighted by atomic mass is 32.2. The molecule has 0 unspecified atom stereocenters. The Morgan fingerprint density at radius 1 is 1.03 bits per heavy atom. The summed E-state index contributed by atoms with van der Waals surface area (Å²) in [6.07, 6.45) is 2.53. The Morgan fingerprint density at radius 3 is 2.47 bits per heavy atom. The van der Waals surface area contributed by atoms with Crippen LogP contribution in [0.5, 0.6) is 17.4 Å². The number of benzene rings is 2. The molecule has 3 aromatic rings. The highest BCUT2D eigenvalue weighted by Gasteiger charge is 2.17. The van der Waals surface area contributed by atoms with Gasteiger partial charge in [-0.3, -0.25) is 4.79 Å². The van der Waals surface area contributed by atoms with Crippen molar-refractivity contribution < 1.29 is 22.7 Å². The van der Waals surface area contributed by atoms with Crippen LogP contribution in [-0.4, -0.2) is 32.0 Å². The lowest BCUT2D eigenvalue weighted by atomic mass is 10.2. The average Bonchev–Trinajstić information content (AvgIpc) is 2.82. The zero-order valence-corrected chi connectivity index (χ0v) is 20.3. The van der Waals surface area contributed by atoms with Crippen molar-refractivity contribution in [2.45, 2.75) is 44.7 Å². The molecule has 34 heavy (non-hydrogen) atoms. The van der Waals surface area contributed by atoms with Crippen LogP contribution in [-0.2, 0) is 16.6 Å². The molecule has 3 rings (SSSR count). The van der Waals surface area contributed by atoms with Crippen molar-refractivity contribution in [3.8, 4) is 17.4 Å². The van der Waals surface area contributed by atoms with Crippen LogP contribution >= 0.6 is 0 Å². The van der Waals surface area contributed by atoms with Gasteiger partial charge >= 0.3 is 0 Å². The van der Waals surface area contributed by atoms with Crippen LogP contribution in [0.4, 0.5) is 0 Å². The van der Waals surface area contributed by atoms with Gasteiger partial charge in [0.2, 0.25) is 15.9 Å². The van der Waals surface area contributed by atoms with E-state index in [-0.39, 0.29) is 23.0 Å². The molecule has 2 aromatic carbocycles. The lowest BCUT2D eigenvalue weighted by molar-refractivity contribution is 0.0950. The van der Waals surface area contributed by atoms with Gasteiger partial charge in [-0.25, -0.2) is 18.1 Å². The van der Waals surface area contributed by atoms with Gasteiger partial charge in [-0.2, -0.15) is 0 Å². The normalized spacial score (nSPS) is 11.3. The van der Waals surface area contributed by atoms with E-state index in [1.165, 1.54) is 18.2 Å². The average molecular weight is 484 g/mol. The summed E-state index contributed by atoms with van der Waals surface area (Å²) in [5.41, 5.74) is 0.910. The van der Waals surface area contributed by atoms with Crippen LogP contribution in [0, 0.1) is 0 Å². The number of aromatic nitrogens is 1. The first-order chi connectivity index (χ1) is 16.3. The van der Waals surface area contributed by atoms with Crippen LogP contribution in [0.3, 0.4) is 0 Å². The molecule has 0 bridgehead atoms. The number of sulfonamides is 1. The maximum atomic E-state index is 12.7. The summed E-state index contributed by atoms with van der Waals surface area (Å²) in [6, 6.07) is 16.4. The second-order valence-corrected chi connectivity index (χ2v) is 9.59. The van der Waals surface area contributed by atoms with Crippen molar-refractivity contribution in [2.75, 3.05) is 6.61 Å². The third-order valence-electron chi connectivity index (χ3n) is 4.60. The first kappa shape index (κ1) is 25.2. The first-order valence-electron chi connectivity index (χ1n) is 11.0. The van der Waals surface area contributed by atoms with Crippen molar-refractivity contribution in [3.05, 3.63) is 78.0 Å². The van der Waals surface area contributed by atoms with Gasteiger partial charge in [0.15, 0.2) is 0 Å². The zero-order valence-electron chi connectivity index (χ0n) is 19.4. The predicted molar refractivity (Wildman–Crippen MR) is 130 cm³/mol. The van der Waals surface area contributed by atoms with Gasteiger partial charge in [-0.15, -0.1) is 0 Å². The molecule has 180 valence electrons. The molecule has 0 aliphatic carbocycles. The van der Waals surface area contributed by atoms with Crippen molar-refractivity contribution in [1.29, 1.82) is 0 Å². The molecule has 0 saturated heterocycles. The molecule has 0 atom stereocenters. The van der Waals surface area contributed by atoms with E-state index in [9.17, 15) is 13.2 Å². The van der Waals surface area contributed by atoms with E-state index in [2.05, 4.69) is 15.0 Å². The number of hydrogen-bond donors (Lipinski definition) is 2. The summed E-state index contributed by atoms with van der Waals surface area (Å²) < 4.78 is 38.8. The predicted octanol–water partition coefficient (Wildman–Crippen LogP) is 4.28. The summed E-state index contributed by atoms with van der Waals surface area (Å²) in [5.74, 6) is 1.30. The molecule has 1 heterocycles. The minimum Gasteiger partial charge on any atom is -0.494 e. The number of pyridine rings is 1. The summed E-state index contributed by atoms with van der Waals surface area (Å²) >= 11 is 0. The number of carbonyl (C=O) groups is 1. The number of rotatable bonds is 11. The summed E-state index contributed by atoms with van der Waals surface area (Å²) in [4.78, 5) is 17.0. The van der Waals surface area contributed by atoms with E-state index >= 15 is 0 Å². The van der Waals surface area contributed by atoms with E-state index in [0.717, 1.165) is 12.2 Å². The monoisotopic (exact) mass is 483 g/mol. The van der Waals surface area contributed by atoms with Crippen LogP contribution in [0.25, 0.3) is 0 Å². The molecule has 1 amide bonds. The first-order valence-corrected chi connectivity index (χ1v) is 12.5. The standard InChI is InChI=1S/C25H29N3O5S/c1-4-15-32-21-10-12-22(13-11-21)33-25-20(8-6-14-26-25)17-27-24(29)19-7-5-9-23(16-19)34(30,31)28-18(2)3/h5-14,16,18,28H,4,15,17H2,1-3H3,(H,27,29). The van der Waals surface area contributed by atoms with Gasteiger partial charge in [-0.05, 0) is 68.8 Å². The summed E-state index contributed by atoms with van der Waals surface area (Å²) in [5, 5.41) is 2.80. The molecular weight excluding hydrogens is 454 g/mol.